The van der Waals surface area contributed by atoms with E-state index in [1.54, 1.807) is 6.20 Å². The number of carbonyl (C=O) groups is 1. The SMILES string of the molecule is O=C(C1CCCN1c1nc2c(c(Nc3cc(-c4ccccn4)[nH]n3)n1)CCC2)N1CCCC1. The van der Waals surface area contributed by atoms with Crippen LogP contribution in [-0.4, -0.2) is 61.6 Å². The van der Waals surface area contributed by atoms with E-state index < -0.39 is 0 Å². The third kappa shape index (κ3) is 3.81. The van der Waals surface area contributed by atoms with Crippen molar-refractivity contribution in [2.75, 3.05) is 29.9 Å². The zero-order valence-corrected chi connectivity index (χ0v) is 18.6. The number of hydrogen-bond acceptors (Lipinski definition) is 7. The highest BCUT2D eigenvalue weighted by atomic mass is 16.2. The van der Waals surface area contributed by atoms with Gasteiger partial charge in [-0.2, -0.15) is 10.1 Å². The number of rotatable bonds is 5. The third-order valence-corrected chi connectivity index (χ3v) is 6.90. The second-order valence-electron chi connectivity index (χ2n) is 9.04. The number of nitrogens with zero attached hydrogens (tertiary/aromatic N) is 6. The molecule has 6 rings (SSSR count). The molecule has 0 bridgehead atoms. The van der Waals surface area contributed by atoms with Crippen molar-refractivity contribution in [3.05, 3.63) is 41.7 Å². The third-order valence-electron chi connectivity index (χ3n) is 6.90. The lowest BCUT2D eigenvalue weighted by molar-refractivity contribution is -0.131. The van der Waals surface area contributed by atoms with E-state index in [0.717, 1.165) is 93.0 Å². The molecule has 3 aromatic rings. The zero-order chi connectivity index (χ0) is 22.2. The summed E-state index contributed by atoms with van der Waals surface area (Å²) in [5.41, 5.74) is 3.93. The minimum absolute atomic E-state index is 0.156. The molecule has 170 valence electrons. The van der Waals surface area contributed by atoms with Gasteiger partial charge in [0.25, 0.3) is 0 Å². The Balaban J connectivity index is 1.29. The minimum Gasteiger partial charge on any atom is -0.341 e. The van der Waals surface area contributed by atoms with Crippen LogP contribution in [-0.2, 0) is 17.6 Å². The maximum atomic E-state index is 13.2. The molecular weight excluding hydrogens is 416 g/mol. The fourth-order valence-electron chi connectivity index (χ4n) is 5.22. The Morgan fingerprint density at radius 3 is 2.82 bits per heavy atom. The smallest absolute Gasteiger partial charge is 0.245 e. The number of aryl methyl sites for hydroxylation is 1. The Hall–Kier alpha value is -3.49. The summed E-state index contributed by atoms with van der Waals surface area (Å²) in [6.45, 7) is 2.56. The maximum Gasteiger partial charge on any atom is 0.245 e. The van der Waals surface area contributed by atoms with Gasteiger partial charge in [0.1, 0.15) is 11.9 Å². The number of pyridine rings is 1. The van der Waals surface area contributed by atoms with Crippen molar-refractivity contribution in [1.82, 2.24) is 30.0 Å². The molecule has 1 atom stereocenters. The summed E-state index contributed by atoms with van der Waals surface area (Å²) in [6, 6.07) is 7.58. The average Bonchev–Trinajstić information content (AvgIpc) is 3.65. The van der Waals surface area contributed by atoms with Crippen LogP contribution in [0.1, 0.15) is 43.4 Å². The minimum atomic E-state index is -0.156. The molecule has 1 unspecified atom stereocenters. The molecule has 2 saturated heterocycles. The first-order valence-corrected chi connectivity index (χ1v) is 12.0. The lowest BCUT2D eigenvalue weighted by atomic mass is 10.2. The summed E-state index contributed by atoms with van der Waals surface area (Å²) < 4.78 is 0. The van der Waals surface area contributed by atoms with Gasteiger partial charge in [-0.25, -0.2) is 4.98 Å². The largest absolute Gasteiger partial charge is 0.341 e. The molecule has 2 aliphatic heterocycles. The summed E-state index contributed by atoms with van der Waals surface area (Å²) in [5.74, 6) is 2.39. The van der Waals surface area contributed by atoms with E-state index in [9.17, 15) is 4.79 Å². The summed E-state index contributed by atoms with van der Waals surface area (Å²) >= 11 is 0. The maximum absolute atomic E-state index is 13.2. The van der Waals surface area contributed by atoms with Gasteiger partial charge in [0.05, 0.1) is 17.1 Å². The van der Waals surface area contributed by atoms with E-state index in [2.05, 4.69) is 25.4 Å². The summed E-state index contributed by atoms with van der Waals surface area (Å²) in [6.07, 6.45) is 8.79. The number of aromatic nitrogens is 5. The van der Waals surface area contributed by atoms with Crippen molar-refractivity contribution in [1.29, 1.82) is 0 Å². The normalized spacial score (nSPS) is 19.8. The van der Waals surface area contributed by atoms with Crippen LogP contribution < -0.4 is 10.2 Å². The van der Waals surface area contributed by atoms with Crippen LogP contribution in [0.5, 0.6) is 0 Å². The Bertz CT molecular complexity index is 1150. The van der Waals surface area contributed by atoms with Crippen LogP contribution in [0.4, 0.5) is 17.6 Å². The van der Waals surface area contributed by atoms with Gasteiger partial charge in [-0.15, -0.1) is 0 Å². The lowest BCUT2D eigenvalue weighted by Gasteiger charge is -2.28. The van der Waals surface area contributed by atoms with Gasteiger partial charge in [-0.05, 0) is 57.1 Å². The van der Waals surface area contributed by atoms with Crippen LogP contribution in [0.25, 0.3) is 11.4 Å². The highest BCUT2D eigenvalue weighted by Gasteiger charge is 2.37. The standard InChI is InChI=1S/C24H28N8O/c33-23(31-12-3-4-13-31)20-10-6-14-32(20)24-26-17-9-5-7-16(17)22(28-24)27-21-15-19(29-30-21)18-8-1-2-11-25-18/h1-2,8,11,15,20H,3-7,9-10,12-14H2,(H2,26,27,28,29,30). The molecule has 1 aliphatic carbocycles. The van der Waals surface area contributed by atoms with Crippen molar-refractivity contribution < 1.29 is 4.79 Å². The molecule has 3 aromatic heterocycles. The molecule has 3 aliphatic rings. The average molecular weight is 445 g/mol. The highest BCUT2D eigenvalue weighted by Crippen LogP contribution is 2.33. The van der Waals surface area contributed by atoms with Gasteiger partial charge in [0.2, 0.25) is 11.9 Å². The number of likely N-dealkylation sites (tertiary alicyclic amines) is 1. The molecule has 1 amide bonds. The number of anilines is 3. The van der Waals surface area contributed by atoms with Gasteiger partial charge in [0, 0.05) is 37.5 Å². The van der Waals surface area contributed by atoms with Gasteiger partial charge < -0.3 is 15.1 Å². The van der Waals surface area contributed by atoms with Crippen LogP contribution in [0.15, 0.2) is 30.5 Å². The summed E-state index contributed by atoms with van der Waals surface area (Å²) in [7, 11) is 0. The van der Waals surface area contributed by atoms with Crippen LogP contribution in [0, 0.1) is 0 Å². The molecule has 0 aromatic carbocycles. The van der Waals surface area contributed by atoms with Crippen molar-refractivity contribution in [2.45, 2.75) is 51.0 Å². The lowest BCUT2D eigenvalue weighted by Crippen LogP contribution is -2.45. The van der Waals surface area contributed by atoms with Gasteiger partial charge in [0.15, 0.2) is 5.82 Å². The molecule has 0 radical (unpaired) electrons. The van der Waals surface area contributed by atoms with Crippen LogP contribution in [0.3, 0.4) is 0 Å². The predicted octanol–water partition coefficient (Wildman–Crippen LogP) is 3.09. The van der Waals surface area contributed by atoms with Crippen molar-refractivity contribution in [3.8, 4) is 11.4 Å². The molecule has 5 heterocycles. The fraction of sp³-hybridized carbons (Fsp3) is 0.458. The van der Waals surface area contributed by atoms with Crippen LogP contribution >= 0.6 is 0 Å². The second kappa shape index (κ2) is 8.46. The number of fused-ring (bicyclic) bond motifs is 1. The number of nitrogens with one attached hydrogen (secondary N) is 2. The van der Waals surface area contributed by atoms with E-state index in [1.165, 1.54) is 0 Å². The molecular formula is C24H28N8O. The predicted molar refractivity (Wildman–Crippen MR) is 125 cm³/mol. The van der Waals surface area contributed by atoms with Crippen molar-refractivity contribution in [2.24, 2.45) is 0 Å². The Morgan fingerprint density at radius 1 is 1.06 bits per heavy atom. The Kier molecular flexibility index (Phi) is 5.16. The number of H-pyrrole nitrogens is 1. The van der Waals surface area contributed by atoms with Crippen molar-refractivity contribution in [3.63, 3.8) is 0 Å². The number of aromatic amines is 1. The first-order chi connectivity index (χ1) is 16.3. The van der Waals surface area contributed by atoms with Gasteiger partial charge >= 0.3 is 0 Å². The molecule has 2 N–H and O–H groups in total. The summed E-state index contributed by atoms with van der Waals surface area (Å²) in [5, 5.41) is 10.9. The fourth-order valence-corrected chi connectivity index (χ4v) is 5.22. The Morgan fingerprint density at radius 2 is 1.97 bits per heavy atom. The number of amides is 1. The van der Waals surface area contributed by atoms with Crippen molar-refractivity contribution >= 4 is 23.5 Å². The highest BCUT2D eigenvalue weighted by molar-refractivity contribution is 5.85. The van der Waals surface area contributed by atoms with E-state index in [4.69, 9.17) is 9.97 Å². The number of carbonyl (C=O) groups excluding carboxylic acids is 1. The monoisotopic (exact) mass is 444 g/mol. The summed E-state index contributed by atoms with van der Waals surface area (Å²) in [4.78, 5) is 31.5. The van der Waals surface area contributed by atoms with Crippen LogP contribution in [0.2, 0.25) is 0 Å². The molecule has 33 heavy (non-hydrogen) atoms. The first kappa shape index (κ1) is 20.1. The van der Waals surface area contributed by atoms with E-state index in [0.29, 0.717) is 11.8 Å². The quantitative estimate of drug-likeness (QED) is 0.623. The van der Waals surface area contributed by atoms with E-state index in [1.807, 2.05) is 29.2 Å². The van der Waals surface area contributed by atoms with E-state index in [-0.39, 0.29) is 11.9 Å². The molecule has 0 saturated carbocycles. The van der Waals surface area contributed by atoms with E-state index >= 15 is 0 Å². The van der Waals surface area contributed by atoms with Gasteiger partial charge in [-0.3, -0.25) is 14.9 Å². The molecule has 2 fully saturated rings. The van der Waals surface area contributed by atoms with Gasteiger partial charge in [-0.1, -0.05) is 6.07 Å². The first-order valence-electron chi connectivity index (χ1n) is 12.0. The molecule has 9 nitrogen and oxygen atoms in total. The zero-order valence-electron chi connectivity index (χ0n) is 18.6. The molecule has 0 spiro atoms. The topological polar surface area (TPSA) is 103 Å². The molecule has 9 heteroatoms. The number of hydrogen-bond donors (Lipinski definition) is 2. The second-order valence-corrected chi connectivity index (χ2v) is 9.04. The Labute approximate surface area is 192 Å².